The zero-order chi connectivity index (χ0) is 17.4. The quantitative estimate of drug-likeness (QED) is 0.304. The molecule has 6 nitrogen and oxygen atoms in total. The van der Waals surface area contributed by atoms with Crippen molar-refractivity contribution in [3.63, 3.8) is 0 Å². The standard InChI is InChI=1S/C19H13N3O3/c20-17(13-9-21-14-7-3-1-5-11(13)14)18(23)19(24)25-16-10-22-15-8-4-2-6-12(15)16/h1-10,20-22H. The van der Waals surface area contributed by atoms with Gasteiger partial charge in [-0.15, -0.1) is 0 Å². The van der Waals surface area contributed by atoms with E-state index in [9.17, 15) is 9.59 Å². The molecule has 0 radical (unpaired) electrons. The molecule has 4 aromatic rings. The lowest BCUT2D eigenvalue weighted by molar-refractivity contribution is -0.143. The Morgan fingerprint density at radius 3 is 2.20 bits per heavy atom. The van der Waals surface area contributed by atoms with E-state index in [2.05, 4.69) is 9.97 Å². The number of aromatic nitrogens is 2. The van der Waals surface area contributed by atoms with Gasteiger partial charge in [-0.1, -0.05) is 30.3 Å². The zero-order valence-electron chi connectivity index (χ0n) is 13.0. The summed E-state index contributed by atoms with van der Waals surface area (Å²) in [4.78, 5) is 30.5. The molecule has 0 amide bonds. The molecule has 6 heteroatoms. The van der Waals surface area contributed by atoms with Crippen LogP contribution in [0.3, 0.4) is 0 Å². The predicted octanol–water partition coefficient (Wildman–Crippen LogP) is 3.19. The first kappa shape index (κ1) is 14.9. The van der Waals surface area contributed by atoms with Gasteiger partial charge in [0, 0.05) is 39.8 Å². The minimum absolute atomic E-state index is 0.265. The Balaban J connectivity index is 1.60. The molecule has 2 aromatic carbocycles. The number of nitrogens with one attached hydrogen (secondary N) is 3. The lowest BCUT2D eigenvalue weighted by Crippen LogP contribution is -2.28. The summed E-state index contributed by atoms with van der Waals surface area (Å²) in [6.07, 6.45) is 3.06. The van der Waals surface area contributed by atoms with E-state index in [0.29, 0.717) is 16.3 Å². The molecule has 0 saturated carbocycles. The molecule has 0 unspecified atom stereocenters. The van der Waals surface area contributed by atoms with Crippen molar-refractivity contribution in [3.05, 3.63) is 66.5 Å². The summed E-state index contributed by atoms with van der Waals surface area (Å²) >= 11 is 0. The van der Waals surface area contributed by atoms with Gasteiger partial charge in [-0.05, 0) is 18.2 Å². The van der Waals surface area contributed by atoms with Crippen LogP contribution in [0.4, 0.5) is 0 Å². The van der Waals surface area contributed by atoms with Crippen molar-refractivity contribution >= 4 is 39.3 Å². The van der Waals surface area contributed by atoms with E-state index in [1.807, 2.05) is 36.4 Å². The Kier molecular flexibility index (Phi) is 3.43. The third-order valence-corrected chi connectivity index (χ3v) is 4.02. The number of hydrogen-bond acceptors (Lipinski definition) is 4. The number of ether oxygens (including phenoxy) is 1. The first-order valence-electron chi connectivity index (χ1n) is 7.63. The van der Waals surface area contributed by atoms with Crippen molar-refractivity contribution in [2.24, 2.45) is 0 Å². The summed E-state index contributed by atoms with van der Waals surface area (Å²) < 4.78 is 5.19. The van der Waals surface area contributed by atoms with Crippen LogP contribution in [-0.4, -0.2) is 27.4 Å². The van der Waals surface area contributed by atoms with Crippen LogP contribution in [0.25, 0.3) is 21.8 Å². The Labute approximate surface area is 141 Å². The predicted molar refractivity (Wildman–Crippen MR) is 94.1 cm³/mol. The fraction of sp³-hybridized carbons (Fsp3) is 0. The molecule has 0 bridgehead atoms. The fourth-order valence-corrected chi connectivity index (χ4v) is 2.78. The summed E-state index contributed by atoms with van der Waals surface area (Å²) in [5.41, 5.74) is 1.56. The highest BCUT2D eigenvalue weighted by Crippen LogP contribution is 2.25. The van der Waals surface area contributed by atoms with E-state index >= 15 is 0 Å². The molecular weight excluding hydrogens is 318 g/mol. The number of para-hydroxylation sites is 2. The molecular formula is C19H13N3O3. The molecule has 0 aliphatic carbocycles. The maximum Gasteiger partial charge on any atom is 0.386 e. The van der Waals surface area contributed by atoms with Crippen LogP contribution in [-0.2, 0) is 9.59 Å². The largest absolute Gasteiger partial charge is 0.418 e. The van der Waals surface area contributed by atoms with E-state index in [1.165, 1.54) is 6.20 Å². The maximum atomic E-state index is 12.3. The highest BCUT2D eigenvalue weighted by molar-refractivity contribution is 6.67. The average molecular weight is 331 g/mol. The van der Waals surface area contributed by atoms with Crippen molar-refractivity contribution in [2.45, 2.75) is 0 Å². The second kappa shape index (κ2) is 5.76. The van der Waals surface area contributed by atoms with Crippen LogP contribution in [0.2, 0.25) is 0 Å². The van der Waals surface area contributed by atoms with Gasteiger partial charge in [-0.25, -0.2) is 4.79 Å². The molecule has 3 N–H and O–H groups in total. The fourth-order valence-electron chi connectivity index (χ4n) is 2.78. The minimum atomic E-state index is -1.08. The number of benzene rings is 2. The summed E-state index contributed by atoms with van der Waals surface area (Å²) in [7, 11) is 0. The molecule has 0 fully saturated rings. The monoisotopic (exact) mass is 331 g/mol. The zero-order valence-corrected chi connectivity index (χ0v) is 13.0. The van der Waals surface area contributed by atoms with Crippen LogP contribution in [0.15, 0.2) is 60.9 Å². The van der Waals surface area contributed by atoms with E-state index < -0.39 is 17.5 Å². The lowest BCUT2D eigenvalue weighted by Gasteiger charge is -2.03. The molecule has 2 heterocycles. The van der Waals surface area contributed by atoms with Crippen LogP contribution >= 0.6 is 0 Å². The van der Waals surface area contributed by atoms with Gasteiger partial charge in [0.15, 0.2) is 5.75 Å². The van der Waals surface area contributed by atoms with Gasteiger partial charge in [0.2, 0.25) is 0 Å². The molecule has 0 saturated heterocycles. The Morgan fingerprint density at radius 1 is 0.840 bits per heavy atom. The van der Waals surface area contributed by atoms with Gasteiger partial charge < -0.3 is 14.7 Å². The summed E-state index contributed by atoms with van der Waals surface area (Å²) in [6.45, 7) is 0. The van der Waals surface area contributed by atoms with Crippen molar-refractivity contribution in [3.8, 4) is 5.75 Å². The molecule has 0 aliphatic rings. The number of ketones is 1. The topological polar surface area (TPSA) is 98.8 Å². The summed E-state index contributed by atoms with van der Waals surface area (Å²) in [5, 5.41) is 9.48. The molecule has 25 heavy (non-hydrogen) atoms. The van der Waals surface area contributed by atoms with Gasteiger partial charge in [-0.3, -0.25) is 10.2 Å². The SMILES string of the molecule is N=C(C(=O)C(=O)Oc1c[nH]c2ccccc12)c1c[nH]c2ccccc12. The molecule has 122 valence electrons. The molecule has 4 rings (SSSR count). The van der Waals surface area contributed by atoms with Crippen molar-refractivity contribution in [2.75, 3.05) is 0 Å². The third-order valence-electron chi connectivity index (χ3n) is 4.02. The van der Waals surface area contributed by atoms with E-state index in [-0.39, 0.29) is 5.75 Å². The number of H-pyrrole nitrogens is 2. The number of hydrogen-bond donors (Lipinski definition) is 3. The van der Waals surface area contributed by atoms with Crippen LogP contribution < -0.4 is 4.74 Å². The van der Waals surface area contributed by atoms with E-state index in [0.717, 1.165) is 11.0 Å². The van der Waals surface area contributed by atoms with Crippen molar-refractivity contribution in [1.29, 1.82) is 5.41 Å². The van der Waals surface area contributed by atoms with E-state index in [4.69, 9.17) is 10.1 Å². The Morgan fingerprint density at radius 2 is 1.44 bits per heavy atom. The second-order valence-corrected chi connectivity index (χ2v) is 5.54. The van der Waals surface area contributed by atoms with Crippen LogP contribution in [0.1, 0.15) is 5.56 Å². The minimum Gasteiger partial charge on any atom is -0.418 e. The Bertz CT molecular complexity index is 1140. The van der Waals surface area contributed by atoms with Gasteiger partial charge in [0.1, 0.15) is 5.71 Å². The lowest BCUT2D eigenvalue weighted by atomic mass is 10.1. The number of rotatable bonds is 4. The summed E-state index contributed by atoms with van der Waals surface area (Å²) in [6, 6.07) is 14.5. The number of carbonyl (C=O) groups excluding carboxylic acids is 2. The highest BCUT2D eigenvalue weighted by atomic mass is 16.5. The highest BCUT2D eigenvalue weighted by Gasteiger charge is 2.25. The Hall–Kier alpha value is -3.67. The number of carbonyl (C=O) groups is 2. The first-order chi connectivity index (χ1) is 12.1. The third kappa shape index (κ3) is 2.49. The first-order valence-corrected chi connectivity index (χ1v) is 7.63. The van der Waals surface area contributed by atoms with Crippen LogP contribution in [0, 0.1) is 5.41 Å². The maximum absolute atomic E-state index is 12.3. The number of Topliss-reactive ketones (excluding diaryl/α,β-unsaturated/α-hetero) is 1. The molecule has 0 aliphatic heterocycles. The second-order valence-electron chi connectivity index (χ2n) is 5.54. The number of fused-ring (bicyclic) bond motifs is 2. The molecule has 0 spiro atoms. The normalized spacial score (nSPS) is 10.9. The average Bonchev–Trinajstić information content (AvgIpc) is 3.25. The number of esters is 1. The van der Waals surface area contributed by atoms with E-state index in [1.54, 1.807) is 18.3 Å². The summed E-state index contributed by atoms with van der Waals surface area (Å²) in [5.74, 6) is -1.81. The van der Waals surface area contributed by atoms with Gasteiger partial charge in [0.25, 0.3) is 5.78 Å². The van der Waals surface area contributed by atoms with Crippen molar-refractivity contribution < 1.29 is 14.3 Å². The van der Waals surface area contributed by atoms with Gasteiger partial charge >= 0.3 is 5.97 Å². The van der Waals surface area contributed by atoms with Gasteiger partial charge in [0.05, 0.1) is 0 Å². The number of aromatic amines is 2. The smallest absolute Gasteiger partial charge is 0.386 e. The van der Waals surface area contributed by atoms with Crippen LogP contribution in [0.5, 0.6) is 5.75 Å². The molecule has 2 aromatic heterocycles. The van der Waals surface area contributed by atoms with Gasteiger partial charge in [-0.2, -0.15) is 0 Å². The van der Waals surface area contributed by atoms with Crippen molar-refractivity contribution in [1.82, 2.24) is 9.97 Å². The molecule has 0 atom stereocenters.